The molecular weight excluding hydrogens is 180 g/mol. The lowest BCUT2D eigenvalue weighted by molar-refractivity contribution is 0.551. The third-order valence-electron chi connectivity index (χ3n) is 3.15. The van der Waals surface area contributed by atoms with Gasteiger partial charge in [-0.1, -0.05) is 72.1 Å². The Kier molecular flexibility index (Phi) is 12.1. The molecule has 0 bridgehead atoms. The van der Waals surface area contributed by atoms with Crippen LogP contribution in [0.25, 0.3) is 0 Å². The van der Waals surface area contributed by atoms with Crippen LogP contribution in [0.3, 0.4) is 0 Å². The van der Waals surface area contributed by atoms with Crippen LogP contribution in [-0.2, 0) is 0 Å². The first-order valence-corrected chi connectivity index (χ1v) is 7.18. The zero-order chi connectivity index (χ0) is 11.4. The molecule has 0 aliphatic rings. The molecule has 0 aliphatic heterocycles. The quantitative estimate of drug-likeness (QED) is 0.373. The molecule has 0 unspecified atom stereocenters. The summed E-state index contributed by atoms with van der Waals surface area (Å²) in [5, 5.41) is 0. The van der Waals surface area contributed by atoms with Gasteiger partial charge in [0.05, 0.1) is 0 Å². The van der Waals surface area contributed by atoms with Crippen LogP contribution in [0.5, 0.6) is 0 Å². The van der Waals surface area contributed by atoms with Crippen LogP contribution in [0.1, 0.15) is 91.4 Å². The Bertz CT molecular complexity index is 98.6. The molecule has 0 saturated carbocycles. The zero-order valence-corrected chi connectivity index (χ0v) is 11.3. The van der Waals surface area contributed by atoms with E-state index in [0.29, 0.717) is 0 Å². The van der Waals surface area contributed by atoms with Crippen LogP contribution in [-0.4, -0.2) is 0 Å². The maximum Gasteiger partial charge on any atom is -0.0241 e. The molecule has 1 radical (unpaired) electrons. The van der Waals surface area contributed by atoms with Gasteiger partial charge in [-0.25, -0.2) is 0 Å². The second-order valence-electron chi connectivity index (χ2n) is 4.77. The third-order valence-corrected chi connectivity index (χ3v) is 3.15. The fourth-order valence-electron chi connectivity index (χ4n) is 2.03. The van der Waals surface area contributed by atoms with Crippen molar-refractivity contribution in [2.75, 3.05) is 0 Å². The molecule has 0 rings (SSSR count). The summed E-state index contributed by atoms with van der Waals surface area (Å²) in [6.07, 6.45) is 15.4. The van der Waals surface area contributed by atoms with Gasteiger partial charge in [-0.2, -0.15) is 0 Å². The summed E-state index contributed by atoms with van der Waals surface area (Å²) in [6.45, 7) is 6.89. The van der Waals surface area contributed by atoms with Crippen LogP contribution in [0.15, 0.2) is 0 Å². The molecule has 15 heavy (non-hydrogen) atoms. The van der Waals surface area contributed by atoms with Gasteiger partial charge in [-0.05, 0) is 25.2 Å². The standard InChI is InChI=1S/C15H31/c1-4-7-10-11-14-15(12-8-5-2)13-9-6-3/h4-14H2,1-3H3. The zero-order valence-electron chi connectivity index (χ0n) is 11.3. The van der Waals surface area contributed by atoms with E-state index >= 15 is 0 Å². The Balaban J connectivity index is 3.49. The Labute approximate surface area is 97.8 Å². The second-order valence-corrected chi connectivity index (χ2v) is 4.77. The minimum Gasteiger partial charge on any atom is -0.0654 e. The normalized spacial score (nSPS) is 11.2. The molecule has 0 heteroatoms. The summed E-state index contributed by atoms with van der Waals surface area (Å²) in [5.41, 5.74) is 0. The van der Waals surface area contributed by atoms with Crippen LogP contribution < -0.4 is 0 Å². The number of rotatable bonds is 11. The van der Waals surface area contributed by atoms with Gasteiger partial charge in [0.15, 0.2) is 0 Å². The molecule has 0 aromatic rings. The van der Waals surface area contributed by atoms with Gasteiger partial charge in [0.1, 0.15) is 0 Å². The van der Waals surface area contributed by atoms with E-state index in [0.717, 1.165) is 0 Å². The average Bonchev–Trinajstić information content (AvgIpc) is 2.27. The Morgan fingerprint density at radius 2 is 1.00 bits per heavy atom. The van der Waals surface area contributed by atoms with Crippen molar-refractivity contribution < 1.29 is 0 Å². The molecule has 0 fully saturated rings. The van der Waals surface area contributed by atoms with Gasteiger partial charge in [-0.15, -0.1) is 0 Å². The van der Waals surface area contributed by atoms with Gasteiger partial charge in [0.25, 0.3) is 0 Å². The summed E-state index contributed by atoms with van der Waals surface area (Å²) in [7, 11) is 0. The largest absolute Gasteiger partial charge is 0.0654 e. The summed E-state index contributed by atoms with van der Waals surface area (Å²) in [4.78, 5) is 0. The van der Waals surface area contributed by atoms with Crippen molar-refractivity contribution in [3.63, 3.8) is 0 Å². The van der Waals surface area contributed by atoms with Crippen LogP contribution in [0.4, 0.5) is 0 Å². The summed E-state index contributed by atoms with van der Waals surface area (Å²) >= 11 is 0. The lowest BCUT2D eigenvalue weighted by atomic mass is 9.91. The average molecular weight is 211 g/mol. The fourth-order valence-corrected chi connectivity index (χ4v) is 2.03. The van der Waals surface area contributed by atoms with E-state index in [1.54, 1.807) is 0 Å². The van der Waals surface area contributed by atoms with Gasteiger partial charge in [-0.3, -0.25) is 0 Å². The Morgan fingerprint density at radius 3 is 1.47 bits per heavy atom. The predicted molar refractivity (Wildman–Crippen MR) is 71.1 cm³/mol. The van der Waals surface area contributed by atoms with E-state index in [9.17, 15) is 0 Å². The molecule has 0 aliphatic carbocycles. The minimum absolute atomic E-state index is 1.35. The monoisotopic (exact) mass is 211 g/mol. The minimum atomic E-state index is 1.35. The fraction of sp³-hybridized carbons (Fsp3) is 0.933. The highest BCUT2D eigenvalue weighted by Crippen LogP contribution is 2.24. The van der Waals surface area contributed by atoms with Crippen molar-refractivity contribution in [3.05, 3.63) is 5.92 Å². The maximum atomic E-state index is 2.30. The predicted octanol–water partition coefficient (Wildman–Crippen LogP) is 5.91. The Hall–Kier alpha value is 0. The molecule has 0 N–H and O–H groups in total. The van der Waals surface area contributed by atoms with E-state index < -0.39 is 0 Å². The van der Waals surface area contributed by atoms with Crippen molar-refractivity contribution in [1.29, 1.82) is 0 Å². The number of hydrogen-bond donors (Lipinski definition) is 0. The van der Waals surface area contributed by atoms with Crippen molar-refractivity contribution in [2.45, 2.75) is 91.4 Å². The van der Waals surface area contributed by atoms with Gasteiger partial charge < -0.3 is 0 Å². The number of hydrogen-bond acceptors (Lipinski definition) is 0. The molecule has 91 valence electrons. The summed E-state index contributed by atoms with van der Waals surface area (Å²) in [5.74, 6) is 1.86. The first-order valence-electron chi connectivity index (χ1n) is 7.18. The maximum absolute atomic E-state index is 2.30. The van der Waals surface area contributed by atoms with E-state index in [1.807, 2.05) is 5.92 Å². The first kappa shape index (κ1) is 15.0. The molecular formula is C15H31. The lowest BCUT2D eigenvalue weighted by Gasteiger charge is -2.15. The van der Waals surface area contributed by atoms with Gasteiger partial charge >= 0.3 is 0 Å². The van der Waals surface area contributed by atoms with Crippen LogP contribution >= 0.6 is 0 Å². The highest BCUT2D eigenvalue weighted by atomic mass is 14.1. The molecule has 0 atom stereocenters. The van der Waals surface area contributed by atoms with Crippen molar-refractivity contribution in [1.82, 2.24) is 0 Å². The third kappa shape index (κ3) is 10.3. The molecule has 0 aromatic heterocycles. The van der Waals surface area contributed by atoms with E-state index in [2.05, 4.69) is 20.8 Å². The topological polar surface area (TPSA) is 0 Å². The first-order chi connectivity index (χ1) is 7.35. The van der Waals surface area contributed by atoms with E-state index in [4.69, 9.17) is 0 Å². The van der Waals surface area contributed by atoms with Crippen molar-refractivity contribution in [2.24, 2.45) is 0 Å². The van der Waals surface area contributed by atoms with Crippen LogP contribution in [0, 0.1) is 5.92 Å². The summed E-state index contributed by atoms with van der Waals surface area (Å²) < 4.78 is 0. The molecule has 0 amide bonds. The highest BCUT2D eigenvalue weighted by molar-refractivity contribution is 4.88. The molecule has 0 aromatic carbocycles. The van der Waals surface area contributed by atoms with Gasteiger partial charge in [0.2, 0.25) is 0 Å². The number of unbranched alkanes of at least 4 members (excludes halogenated alkanes) is 5. The highest BCUT2D eigenvalue weighted by Gasteiger charge is 2.07. The van der Waals surface area contributed by atoms with E-state index in [1.165, 1.54) is 70.6 Å². The van der Waals surface area contributed by atoms with Crippen molar-refractivity contribution in [3.8, 4) is 0 Å². The Morgan fingerprint density at radius 1 is 0.533 bits per heavy atom. The molecule has 0 spiro atoms. The van der Waals surface area contributed by atoms with Gasteiger partial charge in [0, 0.05) is 0 Å². The SMILES string of the molecule is CCCCCC[C](CCCC)CCCC. The molecule has 0 nitrogen and oxygen atoms in total. The molecule has 0 saturated heterocycles. The van der Waals surface area contributed by atoms with E-state index in [-0.39, 0.29) is 0 Å². The molecule has 0 heterocycles. The van der Waals surface area contributed by atoms with Crippen molar-refractivity contribution >= 4 is 0 Å². The lowest BCUT2D eigenvalue weighted by Crippen LogP contribution is -1.98. The summed E-state index contributed by atoms with van der Waals surface area (Å²) in [6, 6.07) is 0. The smallest absolute Gasteiger partial charge is 0.0241 e. The van der Waals surface area contributed by atoms with Crippen LogP contribution in [0.2, 0.25) is 0 Å². The second kappa shape index (κ2) is 12.1.